The molecule has 2 aromatic rings. The number of carbonyl (C=O) groups excluding carboxylic acids is 1. The van der Waals surface area contributed by atoms with Crippen molar-refractivity contribution < 1.29 is 4.79 Å². The summed E-state index contributed by atoms with van der Waals surface area (Å²) in [5.41, 5.74) is 3.02. The van der Waals surface area contributed by atoms with Crippen LogP contribution in [0.25, 0.3) is 0 Å². The maximum atomic E-state index is 11.1. The van der Waals surface area contributed by atoms with E-state index in [-0.39, 0.29) is 5.91 Å². The van der Waals surface area contributed by atoms with Crippen LogP contribution in [-0.2, 0) is 17.6 Å². The molecular weight excluding hydrogens is 228 g/mol. The van der Waals surface area contributed by atoms with Crippen LogP contribution in [0, 0.1) is 0 Å². The number of amides is 1. The molecule has 18 heavy (non-hydrogen) atoms. The number of aromatic amines is 1. The Bertz CT molecular complexity index is 504. The Morgan fingerprint density at radius 1 is 1.33 bits per heavy atom. The summed E-state index contributed by atoms with van der Waals surface area (Å²) in [7, 11) is 0. The van der Waals surface area contributed by atoms with E-state index in [1.807, 2.05) is 30.5 Å². The molecule has 3 N–H and O–H groups in total. The van der Waals surface area contributed by atoms with Crippen molar-refractivity contribution in [2.45, 2.75) is 19.8 Å². The minimum atomic E-state index is -0.180. The van der Waals surface area contributed by atoms with Gasteiger partial charge in [-0.2, -0.15) is 0 Å². The number of nitrogens with two attached hydrogens (primary N) is 1. The Morgan fingerprint density at radius 3 is 2.61 bits per heavy atom. The highest BCUT2D eigenvalue weighted by molar-refractivity contribution is 5.90. The zero-order valence-electron chi connectivity index (χ0n) is 10.3. The number of rotatable bonds is 4. The number of nitrogens with one attached hydrogen (secondary N) is 1. The third-order valence-corrected chi connectivity index (χ3v) is 2.79. The fourth-order valence-electron chi connectivity index (χ4n) is 1.71. The van der Waals surface area contributed by atoms with E-state index < -0.39 is 0 Å². The van der Waals surface area contributed by atoms with E-state index in [9.17, 15) is 4.79 Å². The SMILES string of the molecule is CC(=O)N(N)c1ccc(CCc2cnc[nH]2)cc1. The van der Waals surface area contributed by atoms with Gasteiger partial charge in [-0.15, -0.1) is 0 Å². The summed E-state index contributed by atoms with van der Waals surface area (Å²) in [5.74, 6) is 5.43. The van der Waals surface area contributed by atoms with Gasteiger partial charge >= 0.3 is 0 Å². The molecule has 0 aliphatic rings. The number of imidazole rings is 1. The van der Waals surface area contributed by atoms with Gasteiger partial charge < -0.3 is 4.98 Å². The summed E-state index contributed by atoms with van der Waals surface area (Å²) in [6, 6.07) is 7.66. The average molecular weight is 244 g/mol. The van der Waals surface area contributed by atoms with E-state index in [1.54, 1.807) is 6.33 Å². The van der Waals surface area contributed by atoms with Crippen LogP contribution in [-0.4, -0.2) is 15.9 Å². The maximum Gasteiger partial charge on any atom is 0.238 e. The van der Waals surface area contributed by atoms with Crippen molar-refractivity contribution >= 4 is 11.6 Å². The van der Waals surface area contributed by atoms with Crippen LogP contribution in [0.1, 0.15) is 18.2 Å². The van der Waals surface area contributed by atoms with Crippen LogP contribution >= 0.6 is 0 Å². The van der Waals surface area contributed by atoms with E-state index in [2.05, 4.69) is 9.97 Å². The molecule has 0 atom stereocenters. The van der Waals surface area contributed by atoms with Gasteiger partial charge in [-0.3, -0.25) is 4.79 Å². The lowest BCUT2D eigenvalue weighted by molar-refractivity contribution is -0.116. The predicted octanol–water partition coefficient (Wildman–Crippen LogP) is 1.42. The summed E-state index contributed by atoms with van der Waals surface area (Å²) in [6.07, 6.45) is 5.34. The van der Waals surface area contributed by atoms with Crippen molar-refractivity contribution in [3.8, 4) is 0 Å². The Balaban J connectivity index is 1.97. The molecule has 94 valence electrons. The maximum absolute atomic E-state index is 11.1. The number of H-pyrrole nitrogens is 1. The third kappa shape index (κ3) is 2.95. The number of hydrogen-bond donors (Lipinski definition) is 2. The van der Waals surface area contributed by atoms with Crippen molar-refractivity contribution in [1.29, 1.82) is 0 Å². The molecule has 0 saturated carbocycles. The first-order valence-electron chi connectivity index (χ1n) is 5.78. The molecule has 5 heteroatoms. The number of hydrogen-bond acceptors (Lipinski definition) is 3. The molecule has 0 aliphatic carbocycles. The van der Waals surface area contributed by atoms with E-state index in [4.69, 9.17) is 5.84 Å². The fourth-order valence-corrected chi connectivity index (χ4v) is 1.71. The summed E-state index contributed by atoms with van der Waals surface area (Å²) >= 11 is 0. The van der Waals surface area contributed by atoms with Gasteiger partial charge in [-0.1, -0.05) is 12.1 Å². The molecule has 0 spiro atoms. The lowest BCUT2D eigenvalue weighted by atomic mass is 10.1. The topological polar surface area (TPSA) is 75.0 Å². The first kappa shape index (κ1) is 12.3. The third-order valence-electron chi connectivity index (χ3n) is 2.79. The average Bonchev–Trinajstić information content (AvgIpc) is 2.89. The normalized spacial score (nSPS) is 10.3. The molecule has 1 aromatic heterocycles. The first-order chi connectivity index (χ1) is 8.66. The Kier molecular flexibility index (Phi) is 3.74. The largest absolute Gasteiger partial charge is 0.348 e. The van der Waals surface area contributed by atoms with Crippen molar-refractivity contribution in [3.63, 3.8) is 0 Å². The molecule has 0 fully saturated rings. The van der Waals surface area contributed by atoms with Gasteiger partial charge in [0.1, 0.15) is 0 Å². The second-order valence-corrected chi connectivity index (χ2v) is 4.13. The van der Waals surface area contributed by atoms with Gasteiger partial charge in [0.25, 0.3) is 0 Å². The van der Waals surface area contributed by atoms with E-state index in [0.717, 1.165) is 23.5 Å². The van der Waals surface area contributed by atoms with Crippen LogP contribution < -0.4 is 10.9 Å². The quantitative estimate of drug-likeness (QED) is 0.485. The van der Waals surface area contributed by atoms with Crippen LogP contribution in [0.4, 0.5) is 5.69 Å². The van der Waals surface area contributed by atoms with Crippen LogP contribution in [0.5, 0.6) is 0 Å². The number of hydrazine groups is 1. The van der Waals surface area contributed by atoms with Gasteiger partial charge in [0.15, 0.2) is 0 Å². The highest BCUT2D eigenvalue weighted by Gasteiger charge is 2.05. The number of aryl methyl sites for hydroxylation is 2. The van der Waals surface area contributed by atoms with Gasteiger partial charge in [-0.05, 0) is 30.5 Å². The molecule has 1 heterocycles. The smallest absolute Gasteiger partial charge is 0.238 e. The van der Waals surface area contributed by atoms with Gasteiger partial charge in [-0.25, -0.2) is 15.8 Å². The van der Waals surface area contributed by atoms with E-state index in [1.165, 1.54) is 12.5 Å². The molecular formula is C13H16N4O. The molecule has 0 saturated heterocycles. The summed E-state index contributed by atoms with van der Waals surface area (Å²) in [5, 5.41) is 1.14. The van der Waals surface area contributed by atoms with Gasteiger partial charge in [0, 0.05) is 18.8 Å². The highest BCUT2D eigenvalue weighted by Crippen LogP contribution is 2.14. The molecule has 1 amide bonds. The molecule has 2 rings (SSSR count). The minimum absolute atomic E-state index is 0.180. The highest BCUT2D eigenvalue weighted by atomic mass is 16.2. The summed E-state index contributed by atoms with van der Waals surface area (Å²) in [6.45, 7) is 1.44. The molecule has 0 aliphatic heterocycles. The van der Waals surface area contributed by atoms with Crippen LogP contribution in [0.15, 0.2) is 36.8 Å². The van der Waals surface area contributed by atoms with Gasteiger partial charge in [0.2, 0.25) is 5.91 Å². The number of aromatic nitrogens is 2. The van der Waals surface area contributed by atoms with Crippen molar-refractivity contribution in [2.75, 3.05) is 5.01 Å². The summed E-state index contributed by atoms with van der Waals surface area (Å²) in [4.78, 5) is 18.1. The Hall–Kier alpha value is -2.14. The van der Waals surface area contributed by atoms with Gasteiger partial charge in [0.05, 0.1) is 12.0 Å². The van der Waals surface area contributed by atoms with Crippen molar-refractivity contribution in [1.82, 2.24) is 9.97 Å². The Morgan fingerprint density at radius 2 is 2.06 bits per heavy atom. The molecule has 0 radical (unpaired) electrons. The summed E-state index contributed by atoms with van der Waals surface area (Å²) < 4.78 is 0. The Labute approximate surface area is 106 Å². The first-order valence-corrected chi connectivity index (χ1v) is 5.78. The molecule has 0 unspecified atom stereocenters. The van der Waals surface area contributed by atoms with Crippen LogP contribution in [0.2, 0.25) is 0 Å². The zero-order valence-corrected chi connectivity index (χ0v) is 10.3. The number of anilines is 1. The van der Waals surface area contributed by atoms with Crippen molar-refractivity contribution in [3.05, 3.63) is 48.0 Å². The van der Waals surface area contributed by atoms with E-state index >= 15 is 0 Å². The van der Waals surface area contributed by atoms with E-state index in [0.29, 0.717) is 5.69 Å². The lowest BCUT2D eigenvalue weighted by Crippen LogP contribution is -2.35. The van der Waals surface area contributed by atoms with Crippen LogP contribution in [0.3, 0.4) is 0 Å². The standard InChI is InChI=1S/C13H16N4O/c1-10(18)17(14)13-6-3-11(4-7-13)2-5-12-8-15-9-16-12/h3-4,6-9H,2,5,14H2,1H3,(H,15,16). The zero-order chi connectivity index (χ0) is 13.0. The number of carbonyl (C=O) groups is 1. The lowest BCUT2D eigenvalue weighted by Gasteiger charge is -2.14. The second kappa shape index (κ2) is 5.46. The van der Waals surface area contributed by atoms with Crippen molar-refractivity contribution in [2.24, 2.45) is 5.84 Å². The number of benzene rings is 1. The second-order valence-electron chi connectivity index (χ2n) is 4.13. The minimum Gasteiger partial charge on any atom is -0.348 e. The molecule has 5 nitrogen and oxygen atoms in total. The molecule has 1 aromatic carbocycles. The number of nitrogens with zero attached hydrogens (tertiary/aromatic N) is 2. The molecule has 0 bridgehead atoms. The monoisotopic (exact) mass is 244 g/mol. The predicted molar refractivity (Wildman–Crippen MR) is 69.8 cm³/mol. The fraction of sp³-hybridized carbons (Fsp3) is 0.231.